The number of alkyl halides is 3. The van der Waals surface area contributed by atoms with Crippen LogP contribution in [0.5, 0.6) is 0 Å². The summed E-state index contributed by atoms with van der Waals surface area (Å²) < 4.78 is 63.0. The van der Waals surface area contributed by atoms with E-state index >= 15 is 0 Å². The first-order valence-electron chi connectivity index (χ1n) is 22.7. The summed E-state index contributed by atoms with van der Waals surface area (Å²) in [5, 5.41) is 34.6. The molecule has 6 atom stereocenters. The topological polar surface area (TPSA) is 259 Å². The Morgan fingerprint density at radius 2 is 1.00 bits per heavy atom. The van der Waals surface area contributed by atoms with Crippen molar-refractivity contribution in [3.05, 3.63) is 71.8 Å². The van der Waals surface area contributed by atoms with Crippen LogP contribution in [0.1, 0.15) is 130 Å². The summed E-state index contributed by atoms with van der Waals surface area (Å²) in [6.07, 6.45) is -2.02. The third kappa shape index (κ3) is 21.3. The lowest BCUT2D eigenvalue weighted by Crippen LogP contribution is -2.53. The number of alkyl carbamates (subject to hydrolysis) is 2. The monoisotopic (exact) mass is 988 g/mol. The lowest BCUT2D eigenvalue weighted by Gasteiger charge is -2.38. The van der Waals surface area contributed by atoms with Crippen LogP contribution in [-0.2, 0) is 46.5 Å². The van der Waals surface area contributed by atoms with Gasteiger partial charge in [-0.25, -0.2) is 32.3 Å². The fourth-order valence-electron chi connectivity index (χ4n) is 7.18. The fourth-order valence-corrected chi connectivity index (χ4v) is 7.18. The molecule has 0 aliphatic heterocycles. The Bertz CT molecular complexity index is 1900. The van der Waals surface area contributed by atoms with Crippen molar-refractivity contribution in [2.45, 2.75) is 196 Å². The van der Waals surface area contributed by atoms with Gasteiger partial charge in [0.05, 0.1) is 12.1 Å². The second-order valence-electron chi connectivity index (χ2n) is 19.7. The van der Waals surface area contributed by atoms with Crippen molar-refractivity contribution in [1.82, 2.24) is 10.6 Å². The van der Waals surface area contributed by atoms with Crippen molar-refractivity contribution >= 4 is 42.4 Å². The highest BCUT2D eigenvalue weighted by Gasteiger charge is 2.45. The molecule has 20 heteroatoms. The number of halogens is 4. The highest BCUT2D eigenvalue weighted by molar-refractivity contribution is 5.85. The predicted octanol–water partition coefficient (Wildman–Crippen LogP) is 6.40. The van der Waals surface area contributed by atoms with Crippen molar-refractivity contribution in [2.75, 3.05) is 0 Å². The van der Waals surface area contributed by atoms with Gasteiger partial charge in [0.2, 0.25) is 5.91 Å². The maximum atomic E-state index is 14.6. The van der Waals surface area contributed by atoms with E-state index in [4.69, 9.17) is 35.5 Å². The molecule has 0 saturated heterocycles. The molecule has 16 nitrogen and oxygen atoms in total. The number of carbonyl (C=O) groups excluding carboxylic acids is 5. The Labute approximate surface area is 403 Å². The molecule has 0 heterocycles. The average Bonchev–Trinajstić information content (AvgIpc) is 3.21. The van der Waals surface area contributed by atoms with Gasteiger partial charge in [-0.15, -0.1) is 12.4 Å². The first-order chi connectivity index (χ1) is 31.1. The van der Waals surface area contributed by atoms with Crippen molar-refractivity contribution in [3.8, 4) is 0 Å². The quantitative estimate of drug-likeness (QED) is 0.0631. The van der Waals surface area contributed by atoms with Crippen LogP contribution in [0.4, 0.5) is 22.8 Å². The lowest BCUT2D eigenvalue weighted by atomic mass is 9.77. The maximum absolute atomic E-state index is 14.6. The first kappa shape index (κ1) is 59.4. The summed E-state index contributed by atoms with van der Waals surface area (Å²) in [5.41, 5.74) is 5.91. The highest BCUT2D eigenvalue weighted by Crippen LogP contribution is 2.42. The molecule has 68 heavy (non-hydrogen) atoms. The summed E-state index contributed by atoms with van der Waals surface area (Å²) in [7, 11) is 0. The zero-order chi connectivity index (χ0) is 50.2. The predicted molar refractivity (Wildman–Crippen MR) is 248 cm³/mol. The minimum Gasteiger partial charge on any atom is -0.458 e. The van der Waals surface area contributed by atoms with Crippen LogP contribution < -0.4 is 22.1 Å². The van der Waals surface area contributed by atoms with E-state index in [-0.39, 0.29) is 44.9 Å². The maximum Gasteiger partial charge on any atom is 0.408 e. The van der Waals surface area contributed by atoms with Crippen LogP contribution in [0, 0.1) is 0 Å². The molecule has 0 spiro atoms. The minimum atomic E-state index is -1.68. The molecule has 3 aliphatic rings. The van der Waals surface area contributed by atoms with Gasteiger partial charge in [-0.3, -0.25) is 4.79 Å². The van der Waals surface area contributed by atoms with Crippen molar-refractivity contribution in [1.29, 1.82) is 0 Å². The number of primary amides is 1. The number of aliphatic hydroxyl groups is 3. The number of carbonyl (C=O) groups is 5. The Hall–Kier alpha value is -4.69. The highest BCUT2D eigenvalue weighted by atomic mass is 35.5. The second-order valence-corrected chi connectivity index (χ2v) is 19.7. The van der Waals surface area contributed by atoms with E-state index in [2.05, 4.69) is 10.6 Å². The molecule has 3 fully saturated rings. The molecule has 0 aromatic heterocycles. The first-order valence-corrected chi connectivity index (χ1v) is 22.7. The number of nitrogens with two attached hydrogens (primary N) is 2. The second kappa shape index (κ2) is 26.3. The van der Waals surface area contributed by atoms with Gasteiger partial charge in [-0.1, -0.05) is 60.7 Å². The number of aliphatic hydroxyl groups excluding tert-OH is 3. The summed E-state index contributed by atoms with van der Waals surface area (Å²) in [5.74, 6) is -2.62. The molecule has 3 amide bonds. The number of benzene rings is 2. The molecule has 9 N–H and O–H groups in total. The number of amides is 3. The Morgan fingerprint density at radius 3 is 1.38 bits per heavy atom. The molecular formula is C48H72ClF3N4O12. The number of rotatable bonds is 18. The summed E-state index contributed by atoms with van der Waals surface area (Å²) in [4.78, 5) is 59.3. The SMILES string of the molecule is CC(C)(C)OC(=O)C(NC(=O)OCc1ccccc1)C(O)CC1(F)CCC1.CC(C)(C)OC(=O)C(O)C(CC1(F)CCC1)NC(=O)OCc1ccccc1.Cl.NC(=O)C(O)C(N)CC1(F)CCC1. The lowest BCUT2D eigenvalue weighted by molar-refractivity contribution is -0.167. The van der Waals surface area contributed by atoms with Gasteiger partial charge >= 0.3 is 24.1 Å². The molecular weight excluding hydrogens is 917 g/mol. The van der Waals surface area contributed by atoms with Gasteiger partial charge < -0.3 is 56.4 Å². The molecule has 0 bridgehead atoms. The molecule has 3 saturated carbocycles. The Balaban J connectivity index is 0.000000369. The largest absolute Gasteiger partial charge is 0.458 e. The van der Waals surface area contributed by atoms with E-state index < -0.39 is 94.7 Å². The zero-order valence-electron chi connectivity index (χ0n) is 39.8. The number of hydrogen-bond donors (Lipinski definition) is 7. The van der Waals surface area contributed by atoms with E-state index in [1.807, 2.05) is 36.4 Å². The number of hydrogen-bond acceptors (Lipinski definition) is 13. The third-order valence-electron chi connectivity index (χ3n) is 11.3. The normalized spacial score (nSPS) is 19.0. The number of esters is 2. The van der Waals surface area contributed by atoms with E-state index in [1.54, 1.807) is 65.8 Å². The van der Waals surface area contributed by atoms with Gasteiger partial charge in [0.1, 0.15) is 47.5 Å². The summed E-state index contributed by atoms with van der Waals surface area (Å²) in [6.45, 7) is 10.0. The van der Waals surface area contributed by atoms with Gasteiger partial charge in [-0.2, -0.15) is 0 Å². The van der Waals surface area contributed by atoms with E-state index in [9.17, 15) is 47.4 Å². The van der Waals surface area contributed by atoms with Crippen LogP contribution in [0.25, 0.3) is 0 Å². The van der Waals surface area contributed by atoms with Gasteiger partial charge in [0.25, 0.3) is 0 Å². The molecule has 2 aromatic rings. The van der Waals surface area contributed by atoms with Crippen LogP contribution in [-0.4, -0.2) is 110 Å². The number of nitrogens with one attached hydrogen (secondary N) is 2. The molecule has 384 valence electrons. The molecule has 6 unspecified atom stereocenters. The zero-order valence-corrected chi connectivity index (χ0v) is 40.7. The smallest absolute Gasteiger partial charge is 0.408 e. The van der Waals surface area contributed by atoms with Crippen LogP contribution in [0.15, 0.2) is 60.7 Å². The van der Waals surface area contributed by atoms with Crippen molar-refractivity contribution < 1.29 is 71.4 Å². The van der Waals surface area contributed by atoms with E-state index in [1.165, 1.54) is 0 Å². The van der Waals surface area contributed by atoms with Gasteiger partial charge in [-0.05, 0) is 117 Å². The molecule has 0 radical (unpaired) electrons. The summed E-state index contributed by atoms with van der Waals surface area (Å²) in [6, 6.07) is 14.7. The van der Waals surface area contributed by atoms with Gasteiger partial charge in [0, 0.05) is 18.9 Å². The van der Waals surface area contributed by atoms with Crippen LogP contribution >= 0.6 is 12.4 Å². The fraction of sp³-hybridized carbons (Fsp3) is 0.646. The number of ether oxygens (including phenoxy) is 4. The van der Waals surface area contributed by atoms with E-state index in [0.29, 0.717) is 38.5 Å². The van der Waals surface area contributed by atoms with Crippen LogP contribution in [0.2, 0.25) is 0 Å². The minimum absolute atomic E-state index is 0. The third-order valence-corrected chi connectivity index (χ3v) is 11.3. The van der Waals surface area contributed by atoms with Crippen molar-refractivity contribution in [3.63, 3.8) is 0 Å². The van der Waals surface area contributed by atoms with Crippen LogP contribution in [0.3, 0.4) is 0 Å². The molecule has 3 aliphatic carbocycles. The average molecular weight is 990 g/mol. The summed E-state index contributed by atoms with van der Waals surface area (Å²) >= 11 is 0. The Morgan fingerprint density at radius 1 is 0.618 bits per heavy atom. The molecule has 2 aromatic carbocycles. The van der Waals surface area contributed by atoms with E-state index in [0.717, 1.165) is 30.4 Å². The van der Waals surface area contributed by atoms with Gasteiger partial charge in [0.15, 0.2) is 12.1 Å². The standard InChI is InChI=1S/2C20H28FNO5.C8H15FN2O2.ClH/c1-19(2,3)27-17(24)16(15(23)12-20(21)10-7-11-20)22-18(25)26-13-14-8-5-4-6-9-14;1-19(2,3)27-17(24)16(23)15(12-20(21)10-7-11-20)22-18(25)26-13-14-8-5-4-6-9-14;9-8(2-1-3-8)4-5(10)6(12)7(11)13;/h2*4-6,8-9,15-16,23H,7,10-13H2,1-3H3,(H,22,25);5-6,12H,1-4,10H2,(H2,11,13);1H. The van der Waals surface area contributed by atoms with Crippen molar-refractivity contribution in [2.24, 2.45) is 11.5 Å². The Kier molecular flexibility index (Phi) is 23.0. The molecule has 5 rings (SSSR count).